The molecule has 0 aromatic heterocycles. The highest BCUT2D eigenvalue weighted by atomic mass is 16.5. The van der Waals surface area contributed by atoms with Crippen molar-refractivity contribution in [3.63, 3.8) is 0 Å². The van der Waals surface area contributed by atoms with Gasteiger partial charge in [0.1, 0.15) is 0 Å². The summed E-state index contributed by atoms with van der Waals surface area (Å²) in [6.45, 7) is 5.66. The zero-order valence-corrected chi connectivity index (χ0v) is 13.3. The lowest BCUT2D eigenvalue weighted by Gasteiger charge is -2.36. The molecule has 0 atom stereocenters. The Balaban J connectivity index is 2.17. The van der Waals surface area contributed by atoms with Crippen LogP contribution in [-0.4, -0.2) is 38.8 Å². The van der Waals surface area contributed by atoms with E-state index < -0.39 is 0 Å². The van der Waals surface area contributed by atoms with Gasteiger partial charge in [-0.05, 0) is 25.3 Å². The molecule has 4 heteroatoms. The van der Waals surface area contributed by atoms with Crippen LogP contribution in [0.15, 0.2) is 35.3 Å². The average molecular weight is 299 g/mol. The standard InChI is InChI=1S/C18H25N3O/c1-3-12-20-17(19-4-2)21-15-18(10-13-22-14-11-18)16-8-6-5-7-9-16/h1,5-9H,4,10-15H2,2H3,(H2,19,20,21). The van der Waals surface area contributed by atoms with Crippen LogP contribution in [-0.2, 0) is 10.2 Å². The van der Waals surface area contributed by atoms with Gasteiger partial charge in [-0.15, -0.1) is 6.42 Å². The molecule has 1 saturated heterocycles. The third kappa shape index (κ3) is 4.25. The zero-order valence-electron chi connectivity index (χ0n) is 13.3. The molecular weight excluding hydrogens is 274 g/mol. The van der Waals surface area contributed by atoms with E-state index in [0.29, 0.717) is 6.54 Å². The van der Waals surface area contributed by atoms with E-state index in [4.69, 9.17) is 16.2 Å². The molecule has 1 fully saturated rings. The van der Waals surface area contributed by atoms with Crippen molar-refractivity contribution in [3.05, 3.63) is 35.9 Å². The normalized spacial score (nSPS) is 17.5. The molecule has 22 heavy (non-hydrogen) atoms. The van der Waals surface area contributed by atoms with Crippen LogP contribution in [0.4, 0.5) is 0 Å². The summed E-state index contributed by atoms with van der Waals surface area (Å²) in [5.41, 5.74) is 1.40. The second kappa shape index (κ2) is 8.45. The van der Waals surface area contributed by atoms with Gasteiger partial charge in [-0.3, -0.25) is 4.99 Å². The van der Waals surface area contributed by atoms with E-state index in [-0.39, 0.29) is 5.41 Å². The van der Waals surface area contributed by atoms with Crippen LogP contribution in [0.25, 0.3) is 0 Å². The fourth-order valence-corrected chi connectivity index (χ4v) is 2.80. The third-order valence-electron chi connectivity index (χ3n) is 4.08. The molecule has 0 radical (unpaired) electrons. The maximum absolute atomic E-state index is 5.56. The van der Waals surface area contributed by atoms with Gasteiger partial charge in [0.05, 0.1) is 13.1 Å². The molecule has 1 aromatic rings. The highest BCUT2D eigenvalue weighted by Crippen LogP contribution is 2.35. The van der Waals surface area contributed by atoms with Gasteiger partial charge < -0.3 is 15.4 Å². The molecule has 1 aromatic carbocycles. The summed E-state index contributed by atoms with van der Waals surface area (Å²) in [5, 5.41) is 6.39. The Morgan fingerprint density at radius 3 is 2.64 bits per heavy atom. The Morgan fingerprint density at radius 2 is 2.00 bits per heavy atom. The number of guanidine groups is 1. The minimum absolute atomic E-state index is 0.0536. The molecule has 4 nitrogen and oxygen atoms in total. The minimum atomic E-state index is 0.0536. The molecular formula is C18H25N3O. The van der Waals surface area contributed by atoms with Gasteiger partial charge in [0.15, 0.2) is 5.96 Å². The van der Waals surface area contributed by atoms with E-state index in [1.807, 2.05) is 0 Å². The van der Waals surface area contributed by atoms with Gasteiger partial charge in [-0.2, -0.15) is 0 Å². The van der Waals surface area contributed by atoms with E-state index in [1.54, 1.807) is 0 Å². The molecule has 1 heterocycles. The van der Waals surface area contributed by atoms with E-state index in [9.17, 15) is 0 Å². The van der Waals surface area contributed by atoms with Crippen molar-refractivity contribution in [1.29, 1.82) is 0 Å². The third-order valence-corrected chi connectivity index (χ3v) is 4.08. The molecule has 0 aliphatic carbocycles. The highest BCUT2D eigenvalue weighted by molar-refractivity contribution is 5.80. The number of aliphatic imine (C=N–C) groups is 1. The van der Waals surface area contributed by atoms with Crippen LogP contribution in [0.5, 0.6) is 0 Å². The molecule has 0 unspecified atom stereocenters. The second-order valence-electron chi connectivity index (χ2n) is 5.51. The van der Waals surface area contributed by atoms with Crippen LogP contribution in [0.1, 0.15) is 25.3 Å². The van der Waals surface area contributed by atoms with Crippen LogP contribution < -0.4 is 10.6 Å². The first-order valence-corrected chi connectivity index (χ1v) is 7.89. The average Bonchev–Trinajstić information content (AvgIpc) is 2.59. The fraction of sp³-hybridized carbons (Fsp3) is 0.500. The Hall–Kier alpha value is -1.99. The lowest BCUT2D eigenvalue weighted by atomic mass is 9.74. The van der Waals surface area contributed by atoms with Crippen molar-refractivity contribution >= 4 is 5.96 Å². The fourth-order valence-electron chi connectivity index (χ4n) is 2.80. The van der Waals surface area contributed by atoms with E-state index in [1.165, 1.54) is 5.56 Å². The SMILES string of the molecule is C#CCNC(=NCC1(c2ccccc2)CCOCC1)NCC. The molecule has 0 amide bonds. The quantitative estimate of drug-likeness (QED) is 0.496. The zero-order chi connectivity index (χ0) is 15.7. The van der Waals surface area contributed by atoms with Gasteiger partial charge in [0.2, 0.25) is 0 Å². The maximum atomic E-state index is 5.56. The van der Waals surface area contributed by atoms with E-state index in [2.05, 4.69) is 53.8 Å². The van der Waals surface area contributed by atoms with Crippen molar-refractivity contribution in [2.45, 2.75) is 25.2 Å². The molecule has 0 spiro atoms. The summed E-state index contributed by atoms with van der Waals surface area (Å²) in [7, 11) is 0. The molecule has 2 rings (SSSR count). The van der Waals surface area contributed by atoms with Crippen LogP contribution >= 0.6 is 0 Å². The number of terminal acetylenes is 1. The number of hydrogen-bond acceptors (Lipinski definition) is 2. The van der Waals surface area contributed by atoms with Gasteiger partial charge in [-0.1, -0.05) is 36.3 Å². The largest absolute Gasteiger partial charge is 0.381 e. The topological polar surface area (TPSA) is 45.7 Å². The van der Waals surface area contributed by atoms with Gasteiger partial charge in [0, 0.05) is 25.2 Å². The van der Waals surface area contributed by atoms with Crippen LogP contribution in [0.2, 0.25) is 0 Å². The lowest BCUT2D eigenvalue weighted by molar-refractivity contribution is 0.0531. The van der Waals surface area contributed by atoms with Gasteiger partial charge in [0.25, 0.3) is 0 Å². The predicted molar refractivity (Wildman–Crippen MR) is 91.0 cm³/mol. The highest BCUT2D eigenvalue weighted by Gasteiger charge is 2.34. The summed E-state index contributed by atoms with van der Waals surface area (Å²) >= 11 is 0. The van der Waals surface area contributed by atoms with Crippen molar-refractivity contribution in [2.24, 2.45) is 4.99 Å². The van der Waals surface area contributed by atoms with Gasteiger partial charge in [-0.25, -0.2) is 0 Å². The van der Waals surface area contributed by atoms with Gasteiger partial charge >= 0.3 is 0 Å². The van der Waals surface area contributed by atoms with Crippen LogP contribution in [0.3, 0.4) is 0 Å². The van der Waals surface area contributed by atoms with Crippen molar-refractivity contribution < 1.29 is 4.74 Å². The summed E-state index contributed by atoms with van der Waals surface area (Å²) in [5.74, 6) is 3.36. The molecule has 118 valence electrons. The summed E-state index contributed by atoms with van der Waals surface area (Å²) in [4.78, 5) is 4.77. The summed E-state index contributed by atoms with van der Waals surface area (Å²) < 4.78 is 5.56. The molecule has 1 aliphatic rings. The summed E-state index contributed by atoms with van der Waals surface area (Å²) in [6.07, 6.45) is 7.31. The van der Waals surface area contributed by atoms with E-state index >= 15 is 0 Å². The smallest absolute Gasteiger partial charge is 0.192 e. The molecule has 2 N–H and O–H groups in total. The van der Waals surface area contributed by atoms with Crippen molar-refractivity contribution in [3.8, 4) is 12.3 Å². The minimum Gasteiger partial charge on any atom is -0.381 e. The van der Waals surface area contributed by atoms with Crippen molar-refractivity contribution in [2.75, 3.05) is 32.8 Å². The maximum Gasteiger partial charge on any atom is 0.192 e. The Labute approximate surface area is 133 Å². The summed E-state index contributed by atoms with van der Waals surface area (Å²) in [6, 6.07) is 10.6. The monoisotopic (exact) mass is 299 g/mol. The second-order valence-corrected chi connectivity index (χ2v) is 5.51. The molecule has 0 bridgehead atoms. The van der Waals surface area contributed by atoms with E-state index in [0.717, 1.165) is 45.1 Å². The Morgan fingerprint density at radius 1 is 1.27 bits per heavy atom. The lowest BCUT2D eigenvalue weighted by Crippen LogP contribution is -2.41. The number of rotatable bonds is 5. The first-order chi connectivity index (χ1) is 10.8. The Bertz CT molecular complexity index is 513. The van der Waals surface area contributed by atoms with Crippen LogP contribution in [0, 0.1) is 12.3 Å². The number of ether oxygens (including phenoxy) is 1. The Kier molecular flexibility index (Phi) is 6.29. The number of hydrogen-bond donors (Lipinski definition) is 2. The van der Waals surface area contributed by atoms with Crippen molar-refractivity contribution in [1.82, 2.24) is 10.6 Å². The number of benzene rings is 1. The predicted octanol–water partition coefficient (Wildman–Crippen LogP) is 1.92. The molecule has 1 aliphatic heterocycles. The first-order valence-electron chi connectivity index (χ1n) is 7.89. The molecule has 0 saturated carbocycles. The number of nitrogens with zero attached hydrogens (tertiary/aromatic N) is 1. The first kappa shape index (κ1) is 16.4. The number of nitrogens with one attached hydrogen (secondary N) is 2.